The third-order valence-electron chi connectivity index (χ3n) is 6.51. The smallest absolute Gasteiger partial charge is 0.410 e. The van der Waals surface area contributed by atoms with Gasteiger partial charge in [0, 0.05) is 44.0 Å². The van der Waals surface area contributed by atoms with E-state index in [9.17, 15) is 9.59 Å². The van der Waals surface area contributed by atoms with Gasteiger partial charge in [0.2, 0.25) is 0 Å². The van der Waals surface area contributed by atoms with Crippen LogP contribution in [0.4, 0.5) is 9.59 Å². The molecular weight excluding hydrogens is 408 g/mol. The molecule has 1 aromatic heterocycles. The lowest BCUT2D eigenvalue weighted by Gasteiger charge is -2.29. The fraction of sp³-hybridized carbons (Fsp3) is 0.542. The maximum atomic E-state index is 12.6. The largest absolute Gasteiger partial charge is 0.445 e. The van der Waals surface area contributed by atoms with Crippen LogP contribution in [0.1, 0.15) is 38.4 Å². The number of nitrogens with one attached hydrogen (secondary N) is 1. The highest BCUT2D eigenvalue weighted by Gasteiger charge is 2.68. The molecule has 1 aliphatic carbocycles. The van der Waals surface area contributed by atoms with Gasteiger partial charge in [-0.25, -0.2) is 9.59 Å². The SMILES string of the molecule is Cn1nccc1C1(CNC(=O)OCc2ccccc2)C2CCN(C(=O)OC(C)(C)C)CC21. The van der Waals surface area contributed by atoms with Crippen LogP contribution in [0.25, 0.3) is 0 Å². The lowest BCUT2D eigenvalue weighted by Crippen LogP contribution is -2.41. The Hall–Kier alpha value is -3.03. The predicted octanol–water partition coefficient (Wildman–Crippen LogP) is 3.47. The Balaban J connectivity index is 1.43. The lowest BCUT2D eigenvalue weighted by molar-refractivity contribution is 0.0206. The van der Waals surface area contributed by atoms with Crippen molar-refractivity contribution in [3.05, 3.63) is 53.9 Å². The second-order valence-electron chi connectivity index (χ2n) is 9.72. The first-order chi connectivity index (χ1) is 15.2. The van der Waals surface area contributed by atoms with Crippen molar-refractivity contribution in [3.8, 4) is 0 Å². The molecule has 3 atom stereocenters. The molecule has 0 radical (unpaired) electrons. The molecule has 2 heterocycles. The molecule has 1 N–H and O–H groups in total. The summed E-state index contributed by atoms with van der Waals surface area (Å²) >= 11 is 0. The molecular formula is C24H32N4O4. The maximum Gasteiger partial charge on any atom is 0.410 e. The number of ether oxygens (including phenoxy) is 2. The van der Waals surface area contributed by atoms with Crippen LogP contribution in [0, 0.1) is 11.8 Å². The van der Waals surface area contributed by atoms with E-state index in [2.05, 4.69) is 10.4 Å². The van der Waals surface area contributed by atoms with Gasteiger partial charge < -0.3 is 19.7 Å². The number of aryl methyl sites for hydroxylation is 1. The quantitative estimate of drug-likeness (QED) is 0.770. The molecule has 8 nitrogen and oxygen atoms in total. The number of amides is 2. The summed E-state index contributed by atoms with van der Waals surface area (Å²) in [6.45, 7) is 7.54. The standard InChI is InChI=1S/C24H32N4O4/c1-23(2,3)32-22(30)28-13-11-18-19(14-28)24(18,20-10-12-26-27(20)4)16-25-21(29)31-15-17-8-6-5-7-9-17/h5-10,12,18-19H,11,13-16H2,1-4H3,(H,25,29). The molecule has 2 aromatic rings. The Labute approximate surface area is 188 Å². The summed E-state index contributed by atoms with van der Waals surface area (Å²) in [6.07, 6.45) is 1.91. The normalized spacial score (nSPS) is 24.4. The van der Waals surface area contributed by atoms with Crippen LogP contribution in [-0.2, 0) is 28.5 Å². The van der Waals surface area contributed by atoms with Crippen LogP contribution in [0.5, 0.6) is 0 Å². The molecule has 1 saturated heterocycles. The van der Waals surface area contributed by atoms with Crippen molar-refractivity contribution < 1.29 is 19.1 Å². The van der Waals surface area contributed by atoms with Crippen molar-refractivity contribution in [1.29, 1.82) is 0 Å². The van der Waals surface area contributed by atoms with Gasteiger partial charge in [-0.15, -0.1) is 0 Å². The van der Waals surface area contributed by atoms with E-state index < -0.39 is 11.7 Å². The minimum atomic E-state index is -0.527. The van der Waals surface area contributed by atoms with Gasteiger partial charge in [-0.3, -0.25) is 4.68 Å². The van der Waals surface area contributed by atoms with Crippen molar-refractivity contribution in [2.24, 2.45) is 18.9 Å². The molecule has 1 aliphatic heterocycles. The second-order valence-corrected chi connectivity index (χ2v) is 9.72. The minimum Gasteiger partial charge on any atom is -0.445 e. The molecule has 3 unspecified atom stereocenters. The molecule has 172 valence electrons. The van der Waals surface area contributed by atoms with Crippen molar-refractivity contribution in [2.75, 3.05) is 19.6 Å². The number of alkyl carbamates (subject to hydrolysis) is 1. The number of fused-ring (bicyclic) bond motifs is 1. The zero-order valence-electron chi connectivity index (χ0n) is 19.2. The van der Waals surface area contributed by atoms with Crippen LogP contribution in [-0.4, -0.2) is 52.1 Å². The topological polar surface area (TPSA) is 85.7 Å². The van der Waals surface area contributed by atoms with Gasteiger partial charge in [0.1, 0.15) is 12.2 Å². The van der Waals surface area contributed by atoms with Crippen LogP contribution < -0.4 is 5.32 Å². The van der Waals surface area contributed by atoms with Gasteiger partial charge in [-0.1, -0.05) is 30.3 Å². The van der Waals surface area contributed by atoms with E-state index >= 15 is 0 Å². The average Bonchev–Trinajstić information content (AvgIpc) is 3.18. The monoisotopic (exact) mass is 440 g/mol. The molecule has 2 amide bonds. The van der Waals surface area contributed by atoms with Crippen molar-refractivity contribution in [2.45, 2.75) is 44.8 Å². The minimum absolute atomic E-state index is 0.227. The predicted molar refractivity (Wildman–Crippen MR) is 119 cm³/mol. The van der Waals surface area contributed by atoms with Gasteiger partial charge in [0.25, 0.3) is 0 Å². The number of hydrogen-bond donors (Lipinski definition) is 1. The highest BCUT2D eigenvalue weighted by molar-refractivity contribution is 5.69. The number of hydrogen-bond acceptors (Lipinski definition) is 5. The Kier molecular flexibility index (Phi) is 5.88. The Morgan fingerprint density at radius 2 is 1.94 bits per heavy atom. The fourth-order valence-electron chi connectivity index (χ4n) is 5.02. The Morgan fingerprint density at radius 1 is 1.19 bits per heavy atom. The lowest BCUT2D eigenvalue weighted by atomic mass is 9.96. The van der Waals surface area contributed by atoms with Crippen LogP contribution in [0.3, 0.4) is 0 Å². The zero-order chi connectivity index (χ0) is 22.9. The maximum absolute atomic E-state index is 12.6. The molecule has 8 heteroatoms. The zero-order valence-corrected chi connectivity index (χ0v) is 19.2. The van der Waals surface area contributed by atoms with Gasteiger partial charge in [-0.2, -0.15) is 5.10 Å². The summed E-state index contributed by atoms with van der Waals surface area (Å²) in [5, 5.41) is 7.33. The van der Waals surface area contributed by atoms with Crippen LogP contribution >= 0.6 is 0 Å². The summed E-state index contributed by atoms with van der Waals surface area (Å²) < 4.78 is 12.9. The van der Waals surface area contributed by atoms with E-state index in [0.717, 1.165) is 17.7 Å². The number of nitrogens with zero attached hydrogens (tertiary/aromatic N) is 3. The van der Waals surface area contributed by atoms with E-state index in [1.807, 2.05) is 68.9 Å². The first-order valence-electron chi connectivity index (χ1n) is 11.1. The molecule has 2 fully saturated rings. The van der Waals surface area contributed by atoms with Crippen molar-refractivity contribution in [1.82, 2.24) is 20.0 Å². The molecule has 2 aliphatic rings. The third kappa shape index (κ3) is 4.45. The number of rotatable bonds is 5. The van der Waals surface area contributed by atoms with E-state index in [4.69, 9.17) is 9.47 Å². The molecule has 0 spiro atoms. The van der Waals surface area contributed by atoms with Crippen LogP contribution in [0.15, 0.2) is 42.6 Å². The highest BCUT2D eigenvalue weighted by Crippen LogP contribution is 2.63. The summed E-state index contributed by atoms with van der Waals surface area (Å²) in [5.74, 6) is 0.597. The van der Waals surface area contributed by atoms with E-state index in [0.29, 0.717) is 25.6 Å². The second kappa shape index (κ2) is 8.48. The van der Waals surface area contributed by atoms with E-state index in [-0.39, 0.29) is 24.0 Å². The number of benzene rings is 1. The molecule has 1 aromatic carbocycles. The first kappa shape index (κ1) is 22.2. The van der Waals surface area contributed by atoms with E-state index in [1.165, 1.54) is 0 Å². The van der Waals surface area contributed by atoms with Gasteiger partial charge in [-0.05, 0) is 50.7 Å². The van der Waals surface area contributed by atoms with Crippen molar-refractivity contribution in [3.63, 3.8) is 0 Å². The van der Waals surface area contributed by atoms with Gasteiger partial charge in [0.15, 0.2) is 0 Å². The molecule has 32 heavy (non-hydrogen) atoms. The van der Waals surface area contributed by atoms with Gasteiger partial charge >= 0.3 is 12.2 Å². The fourth-order valence-corrected chi connectivity index (χ4v) is 5.02. The van der Waals surface area contributed by atoms with E-state index in [1.54, 1.807) is 11.1 Å². The van der Waals surface area contributed by atoms with Gasteiger partial charge in [0.05, 0.1) is 0 Å². The highest BCUT2D eigenvalue weighted by atomic mass is 16.6. The first-order valence-corrected chi connectivity index (χ1v) is 11.1. The number of carbonyl (C=O) groups excluding carboxylic acids is 2. The van der Waals surface area contributed by atoms with Crippen LogP contribution in [0.2, 0.25) is 0 Å². The number of aromatic nitrogens is 2. The molecule has 1 saturated carbocycles. The summed E-state index contributed by atoms with van der Waals surface area (Å²) in [4.78, 5) is 26.9. The molecule has 0 bridgehead atoms. The average molecular weight is 441 g/mol. The van der Waals surface area contributed by atoms with Crippen molar-refractivity contribution >= 4 is 12.2 Å². The summed E-state index contributed by atoms with van der Waals surface area (Å²) in [7, 11) is 1.92. The summed E-state index contributed by atoms with van der Waals surface area (Å²) in [5.41, 5.74) is 1.22. The third-order valence-corrected chi connectivity index (χ3v) is 6.51. The Bertz CT molecular complexity index is 968. The Morgan fingerprint density at radius 3 is 2.59 bits per heavy atom. The summed E-state index contributed by atoms with van der Waals surface area (Å²) in [6, 6.07) is 11.6. The number of carbonyl (C=O) groups is 2. The number of piperidine rings is 1. The molecule has 4 rings (SSSR count). The number of likely N-dealkylation sites (tertiary alicyclic amines) is 1.